The number of nitrogens with two attached hydrogens (primary N) is 1. The van der Waals surface area contributed by atoms with Crippen LogP contribution in [0, 0.1) is 22.0 Å². The zero-order valence-electron chi connectivity index (χ0n) is 23.8. The molecule has 38 heavy (non-hydrogen) atoms. The van der Waals surface area contributed by atoms with Crippen molar-refractivity contribution in [2.45, 2.75) is 129 Å². The molecule has 0 radical (unpaired) electrons. The molecule has 0 saturated heterocycles. The molecule has 0 bridgehead atoms. The molecule has 0 fully saturated rings. The highest BCUT2D eigenvalue weighted by atomic mass is 16.7. The maximum Gasteiger partial charge on any atom is 0.475 e. The lowest BCUT2D eigenvalue weighted by atomic mass is 9.74. The number of Topliss-reactive ketones (excluding diaryl/α,β-unsaturated/α-hetero) is 1. The quantitative estimate of drug-likeness (QED) is 0.0306. The van der Waals surface area contributed by atoms with Crippen LogP contribution in [0.3, 0.4) is 0 Å². The highest BCUT2D eigenvalue weighted by Gasteiger charge is 2.29. The molecular formula is C26H52BN5O6. The molecule has 11 nitrogen and oxygen atoms in total. The normalized spacial score (nSPS) is 13.3. The van der Waals surface area contributed by atoms with Gasteiger partial charge in [0.05, 0.1) is 5.94 Å². The molecule has 0 aromatic carbocycles. The van der Waals surface area contributed by atoms with E-state index < -0.39 is 29.9 Å². The van der Waals surface area contributed by atoms with Gasteiger partial charge in [-0.05, 0) is 31.6 Å². The lowest BCUT2D eigenvalue weighted by molar-refractivity contribution is -0.525. The van der Waals surface area contributed by atoms with Crippen LogP contribution in [0.5, 0.6) is 0 Å². The average Bonchev–Trinajstić information content (AvgIpc) is 2.83. The first kappa shape index (κ1) is 35.8. The highest BCUT2D eigenvalue weighted by molar-refractivity contribution is 6.43. The van der Waals surface area contributed by atoms with Crippen LogP contribution in [0.25, 0.3) is 0 Å². The van der Waals surface area contributed by atoms with Crippen LogP contribution in [0.1, 0.15) is 124 Å². The number of nitro groups is 1. The molecule has 0 spiro atoms. The number of guanidine groups is 1. The summed E-state index contributed by atoms with van der Waals surface area (Å²) in [5.41, 5.74) is 7.17. The van der Waals surface area contributed by atoms with E-state index in [0.29, 0.717) is 25.7 Å². The minimum Gasteiger partial charge on any atom is -0.426 e. The van der Waals surface area contributed by atoms with Gasteiger partial charge in [0.2, 0.25) is 5.91 Å². The van der Waals surface area contributed by atoms with Gasteiger partial charge in [0.25, 0.3) is 5.96 Å². The minimum absolute atomic E-state index is 0.00376. The fourth-order valence-corrected chi connectivity index (χ4v) is 4.42. The molecule has 0 aliphatic carbocycles. The molecule has 0 aliphatic rings. The number of rotatable bonds is 24. The highest BCUT2D eigenvalue weighted by Crippen LogP contribution is 2.18. The number of unbranched alkanes of at least 4 members (excludes halogenated alkanes) is 10. The molecule has 0 aromatic rings. The smallest absolute Gasteiger partial charge is 0.426 e. The number of carbonyl (C=O) groups excluding carboxylic acids is 2. The SMILES string of the molecule is CCCCCCCCCCCCCC(=O)C[C@@H](CCCN=C(N)N[N+](=O)[O-])C(=O)N[C@@H](CC(C)C)B(O)O. The van der Waals surface area contributed by atoms with Crippen LogP contribution < -0.4 is 16.5 Å². The van der Waals surface area contributed by atoms with E-state index in [0.717, 1.165) is 19.3 Å². The standard InChI is InChI=1S/C26H52BN5O6/c1-4-5-6-7-8-9-10-11-12-13-14-17-23(33)20-22(16-15-18-29-26(28)31-32(37)38)25(34)30-24(27(35)36)19-21(2)3/h21-22,24,35-36H,4-20H2,1-3H3,(H,30,34)(H3,28,29,31)/t22-,24+/m1/s1. The summed E-state index contributed by atoms with van der Waals surface area (Å²) >= 11 is 0. The largest absolute Gasteiger partial charge is 0.475 e. The van der Waals surface area contributed by atoms with Gasteiger partial charge in [0.1, 0.15) is 5.78 Å². The van der Waals surface area contributed by atoms with Gasteiger partial charge >= 0.3 is 7.12 Å². The van der Waals surface area contributed by atoms with Crippen molar-refractivity contribution >= 4 is 24.8 Å². The average molecular weight is 542 g/mol. The lowest BCUT2D eigenvalue weighted by Crippen LogP contribution is -2.49. The summed E-state index contributed by atoms with van der Waals surface area (Å²) in [5, 5.41) is 31.6. The molecule has 0 unspecified atom stereocenters. The van der Waals surface area contributed by atoms with Crippen molar-refractivity contribution in [1.29, 1.82) is 0 Å². The first-order valence-electron chi connectivity index (χ1n) is 14.5. The van der Waals surface area contributed by atoms with Crippen LogP contribution >= 0.6 is 0 Å². The number of ketones is 1. The van der Waals surface area contributed by atoms with Crippen molar-refractivity contribution in [3.05, 3.63) is 10.1 Å². The molecule has 2 atom stereocenters. The third-order valence-electron chi connectivity index (χ3n) is 6.52. The minimum atomic E-state index is -1.70. The molecule has 0 aliphatic heterocycles. The fourth-order valence-electron chi connectivity index (χ4n) is 4.42. The van der Waals surface area contributed by atoms with Gasteiger partial charge in [-0.25, -0.2) is 15.1 Å². The maximum absolute atomic E-state index is 13.0. The van der Waals surface area contributed by atoms with Crippen molar-refractivity contribution in [1.82, 2.24) is 10.7 Å². The van der Waals surface area contributed by atoms with E-state index >= 15 is 0 Å². The van der Waals surface area contributed by atoms with Gasteiger partial charge in [0.15, 0.2) is 5.03 Å². The summed E-state index contributed by atoms with van der Waals surface area (Å²) in [4.78, 5) is 39.9. The second kappa shape index (κ2) is 22.7. The summed E-state index contributed by atoms with van der Waals surface area (Å²) in [6, 6.07) is 0. The van der Waals surface area contributed by atoms with Crippen molar-refractivity contribution in [3.63, 3.8) is 0 Å². The zero-order chi connectivity index (χ0) is 28.8. The number of aliphatic imine (C=N–C) groups is 1. The molecule has 0 rings (SSSR count). The molecule has 6 N–H and O–H groups in total. The molecule has 0 heterocycles. The molecular weight excluding hydrogens is 489 g/mol. The van der Waals surface area contributed by atoms with Crippen molar-refractivity contribution in [2.75, 3.05) is 6.54 Å². The Morgan fingerprint density at radius 3 is 2.03 bits per heavy atom. The number of nitrogens with one attached hydrogen (secondary N) is 2. The summed E-state index contributed by atoms with van der Waals surface area (Å²) in [6.07, 6.45) is 14.7. The summed E-state index contributed by atoms with van der Waals surface area (Å²) < 4.78 is 0. The van der Waals surface area contributed by atoms with Crippen molar-refractivity contribution in [2.24, 2.45) is 22.6 Å². The zero-order valence-corrected chi connectivity index (χ0v) is 23.8. The number of hydrogen-bond donors (Lipinski definition) is 5. The van der Waals surface area contributed by atoms with Crippen LogP contribution in [0.4, 0.5) is 0 Å². The number of hydrogen-bond acceptors (Lipinski definition) is 7. The van der Waals surface area contributed by atoms with E-state index in [-0.39, 0.29) is 30.6 Å². The van der Waals surface area contributed by atoms with E-state index in [1.807, 2.05) is 13.8 Å². The Bertz CT molecular complexity index is 693. The third-order valence-corrected chi connectivity index (χ3v) is 6.52. The van der Waals surface area contributed by atoms with E-state index in [9.17, 15) is 29.8 Å². The number of nitrogens with zero attached hydrogens (tertiary/aromatic N) is 2. The Labute approximate surface area is 229 Å². The summed E-state index contributed by atoms with van der Waals surface area (Å²) in [7, 11) is -1.70. The lowest BCUT2D eigenvalue weighted by Gasteiger charge is -2.23. The first-order valence-corrected chi connectivity index (χ1v) is 14.5. The third kappa shape index (κ3) is 20.8. The van der Waals surface area contributed by atoms with Crippen LogP contribution in [-0.2, 0) is 9.59 Å². The van der Waals surface area contributed by atoms with Crippen molar-refractivity contribution < 1.29 is 24.7 Å². The van der Waals surface area contributed by atoms with E-state index in [1.165, 1.54) is 51.4 Å². The van der Waals surface area contributed by atoms with Gasteiger partial charge in [-0.1, -0.05) is 90.4 Å². The molecule has 1 amide bonds. The first-order chi connectivity index (χ1) is 18.1. The molecule has 0 saturated carbocycles. The Kier molecular flexibility index (Phi) is 21.4. The Morgan fingerprint density at radius 1 is 0.974 bits per heavy atom. The fraction of sp³-hybridized carbons (Fsp3) is 0.885. The Morgan fingerprint density at radius 2 is 1.53 bits per heavy atom. The molecule has 12 heteroatoms. The number of hydrazine groups is 1. The summed E-state index contributed by atoms with van der Waals surface area (Å²) in [5.74, 6) is -2.08. The second-order valence-corrected chi connectivity index (χ2v) is 10.7. The van der Waals surface area contributed by atoms with E-state index in [1.54, 1.807) is 5.43 Å². The number of amides is 1. The van der Waals surface area contributed by atoms with Crippen molar-refractivity contribution in [3.8, 4) is 0 Å². The van der Waals surface area contributed by atoms with Crippen LogP contribution in [0.15, 0.2) is 4.99 Å². The van der Waals surface area contributed by atoms with Gasteiger partial charge in [0, 0.05) is 25.3 Å². The van der Waals surface area contributed by atoms with Gasteiger partial charge < -0.3 is 21.1 Å². The second-order valence-electron chi connectivity index (χ2n) is 10.7. The van der Waals surface area contributed by atoms with Crippen LogP contribution in [0.2, 0.25) is 0 Å². The van der Waals surface area contributed by atoms with E-state index in [4.69, 9.17) is 5.73 Å². The predicted molar refractivity (Wildman–Crippen MR) is 152 cm³/mol. The van der Waals surface area contributed by atoms with Gasteiger partial charge in [-0.15, -0.1) is 0 Å². The Hall–Kier alpha value is -2.21. The van der Waals surface area contributed by atoms with E-state index in [2.05, 4.69) is 17.2 Å². The monoisotopic (exact) mass is 541 g/mol. The predicted octanol–water partition coefficient (Wildman–Crippen LogP) is 3.68. The summed E-state index contributed by atoms with van der Waals surface area (Å²) in [6.45, 7) is 6.20. The Balaban J connectivity index is 4.64. The molecule has 220 valence electrons. The maximum atomic E-state index is 13.0. The number of carbonyl (C=O) groups is 2. The molecule has 0 aromatic heterocycles. The topological polar surface area (TPSA) is 180 Å². The van der Waals surface area contributed by atoms with Gasteiger partial charge in [-0.3, -0.25) is 9.59 Å². The van der Waals surface area contributed by atoms with Gasteiger partial charge in [-0.2, -0.15) is 0 Å². The van der Waals surface area contributed by atoms with Crippen LogP contribution in [-0.4, -0.2) is 52.3 Å².